The Kier molecular flexibility index (Phi) is 3.44. The molecule has 3 nitrogen and oxygen atoms in total. The number of hydrogen-bond donors (Lipinski definition) is 1. The van der Waals surface area contributed by atoms with Crippen LogP contribution < -0.4 is 5.32 Å². The van der Waals surface area contributed by atoms with Gasteiger partial charge in [-0.1, -0.05) is 6.92 Å². The van der Waals surface area contributed by atoms with Gasteiger partial charge in [0.15, 0.2) is 0 Å². The third kappa shape index (κ3) is 2.62. The molecule has 1 N–H and O–H groups in total. The van der Waals surface area contributed by atoms with Gasteiger partial charge in [-0.2, -0.15) is 0 Å². The zero-order chi connectivity index (χ0) is 12.5. The van der Waals surface area contributed by atoms with Crippen LogP contribution >= 0.6 is 0 Å². The topological polar surface area (TPSA) is 34.4 Å². The summed E-state index contributed by atoms with van der Waals surface area (Å²) in [5, 5.41) is 3.43. The second-order valence-electron chi connectivity index (χ2n) is 5.86. The molecule has 4 unspecified atom stereocenters. The summed E-state index contributed by atoms with van der Waals surface area (Å²) < 4.78 is 11.0. The van der Waals surface area contributed by atoms with Gasteiger partial charge >= 0.3 is 0 Å². The van der Waals surface area contributed by atoms with E-state index < -0.39 is 0 Å². The third-order valence-corrected chi connectivity index (χ3v) is 4.30. The Labute approximate surface area is 109 Å². The molecule has 2 aliphatic carbocycles. The molecule has 3 heteroatoms. The van der Waals surface area contributed by atoms with E-state index in [2.05, 4.69) is 24.4 Å². The summed E-state index contributed by atoms with van der Waals surface area (Å²) in [5.41, 5.74) is 0. The molecule has 2 fully saturated rings. The van der Waals surface area contributed by atoms with Crippen molar-refractivity contribution in [1.82, 2.24) is 5.32 Å². The van der Waals surface area contributed by atoms with Crippen molar-refractivity contribution in [3.8, 4) is 0 Å². The van der Waals surface area contributed by atoms with Gasteiger partial charge in [0.05, 0.1) is 6.61 Å². The van der Waals surface area contributed by atoms with E-state index in [-0.39, 0.29) is 0 Å². The molecule has 0 spiro atoms. The Morgan fingerprint density at radius 1 is 1.28 bits per heavy atom. The Morgan fingerprint density at radius 2 is 2.00 bits per heavy atom. The molecule has 2 aliphatic rings. The molecule has 3 rings (SSSR count). The molecule has 1 heterocycles. The molecule has 0 radical (unpaired) electrons. The van der Waals surface area contributed by atoms with Crippen LogP contribution in [0.4, 0.5) is 0 Å². The van der Waals surface area contributed by atoms with E-state index in [4.69, 9.17) is 9.15 Å². The maximum Gasteiger partial charge on any atom is 0.107 e. The lowest BCUT2D eigenvalue weighted by Gasteiger charge is -2.02. The predicted molar refractivity (Wildman–Crippen MR) is 70.8 cm³/mol. The molecule has 0 aliphatic heterocycles. The highest BCUT2D eigenvalue weighted by molar-refractivity contribution is 5.23. The highest BCUT2D eigenvalue weighted by Gasteiger charge is 2.42. The molecule has 1 aromatic heterocycles. The highest BCUT2D eigenvalue weighted by atomic mass is 16.5. The Balaban J connectivity index is 1.44. The molecular formula is C15H23NO2. The van der Waals surface area contributed by atoms with Gasteiger partial charge in [-0.05, 0) is 43.4 Å². The largest absolute Gasteiger partial charge is 0.465 e. The van der Waals surface area contributed by atoms with Gasteiger partial charge in [0.1, 0.15) is 11.5 Å². The minimum Gasteiger partial charge on any atom is -0.465 e. The number of methoxy groups -OCH3 is 1. The standard InChI is InChI=1S/C15H23NO2/c1-10-7-12(10)14-3-4-15(18-14)13-8-11(13)9-16-5-6-17-2/h3-4,10-13,16H,5-9H2,1-2H3. The van der Waals surface area contributed by atoms with Crippen LogP contribution in [0.2, 0.25) is 0 Å². The van der Waals surface area contributed by atoms with Crippen LogP contribution in [0.1, 0.15) is 43.1 Å². The highest BCUT2D eigenvalue weighted by Crippen LogP contribution is 2.51. The van der Waals surface area contributed by atoms with Crippen molar-refractivity contribution >= 4 is 0 Å². The van der Waals surface area contributed by atoms with Crippen molar-refractivity contribution in [3.63, 3.8) is 0 Å². The van der Waals surface area contributed by atoms with Gasteiger partial charge in [-0.15, -0.1) is 0 Å². The number of nitrogens with one attached hydrogen (secondary N) is 1. The fourth-order valence-corrected chi connectivity index (χ4v) is 2.77. The zero-order valence-corrected chi connectivity index (χ0v) is 11.3. The van der Waals surface area contributed by atoms with Crippen LogP contribution in [0.3, 0.4) is 0 Å². The van der Waals surface area contributed by atoms with Crippen LogP contribution in [0.15, 0.2) is 16.5 Å². The van der Waals surface area contributed by atoms with Crippen LogP contribution in [-0.2, 0) is 4.74 Å². The molecule has 0 bridgehead atoms. The monoisotopic (exact) mass is 249 g/mol. The van der Waals surface area contributed by atoms with Gasteiger partial charge in [-0.25, -0.2) is 0 Å². The van der Waals surface area contributed by atoms with Crippen molar-refractivity contribution in [3.05, 3.63) is 23.7 Å². The van der Waals surface area contributed by atoms with Gasteiger partial charge < -0.3 is 14.5 Å². The van der Waals surface area contributed by atoms with E-state index in [1.807, 2.05) is 0 Å². The fraction of sp³-hybridized carbons (Fsp3) is 0.733. The van der Waals surface area contributed by atoms with Gasteiger partial charge in [0.25, 0.3) is 0 Å². The average molecular weight is 249 g/mol. The Bertz CT molecular complexity index is 401. The summed E-state index contributed by atoms with van der Waals surface area (Å²) >= 11 is 0. The number of rotatable bonds is 7. The molecule has 1 aromatic rings. The number of ether oxygens (including phenoxy) is 1. The van der Waals surface area contributed by atoms with Crippen LogP contribution in [-0.4, -0.2) is 26.8 Å². The van der Waals surface area contributed by atoms with Gasteiger partial charge in [0, 0.05) is 25.5 Å². The molecule has 2 saturated carbocycles. The van der Waals surface area contributed by atoms with Gasteiger partial charge in [0.2, 0.25) is 0 Å². The molecule has 0 amide bonds. The maximum absolute atomic E-state index is 6.01. The van der Waals surface area contributed by atoms with Crippen LogP contribution in [0.5, 0.6) is 0 Å². The summed E-state index contributed by atoms with van der Waals surface area (Å²) in [6, 6.07) is 4.39. The van der Waals surface area contributed by atoms with E-state index in [1.54, 1.807) is 7.11 Å². The molecule has 100 valence electrons. The first-order valence-corrected chi connectivity index (χ1v) is 7.09. The van der Waals surface area contributed by atoms with E-state index in [0.29, 0.717) is 11.8 Å². The predicted octanol–water partition coefficient (Wildman–Crippen LogP) is 2.74. The Hall–Kier alpha value is -0.800. The molecule has 4 atom stereocenters. The van der Waals surface area contributed by atoms with E-state index >= 15 is 0 Å². The minimum atomic E-state index is 0.655. The van der Waals surface area contributed by atoms with Crippen molar-refractivity contribution in [2.75, 3.05) is 26.8 Å². The van der Waals surface area contributed by atoms with E-state index in [9.17, 15) is 0 Å². The fourth-order valence-electron chi connectivity index (χ4n) is 2.77. The first-order valence-electron chi connectivity index (χ1n) is 7.09. The lowest BCUT2D eigenvalue weighted by molar-refractivity contribution is 0.199. The van der Waals surface area contributed by atoms with Crippen LogP contribution in [0.25, 0.3) is 0 Å². The van der Waals surface area contributed by atoms with Crippen molar-refractivity contribution in [1.29, 1.82) is 0 Å². The van der Waals surface area contributed by atoms with E-state index in [1.165, 1.54) is 24.4 Å². The smallest absolute Gasteiger partial charge is 0.107 e. The van der Waals surface area contributed by atoms with Crippen LogP contribution in [0, 0.1) is 11.8 Å². The summed E-state index contributed by atoms with van der Waals surface area (Å²) in [4.78, 5) is 0. The summed E-state index contributed by atoms with van der Waals surface area (Å²) in [6.45, 7) is 5.13. The van der Waals surface area contributed by atoms with Crippen molar-refractivity contribution in [2.45, 2.75) is 31.6 Å². The molecule has 18 heavy (non-hydrogen) atoms. The second-order valence-corrected chi connectivity index (χ2v) is 5.86. The van der Waals surface area contributed by atoms with Gasteiger partial charge in [-0.3, -0.25) is 0 Å². The quantitative estimate of drug-likeness (QED) is 0.755. The minimum absolute atomic E-state index is 0.655. The lowest BCUT2D eigenvalue weighted by atomic mass is 10.2. The second kappa shape index (κ2) is 5.06. The first kappa shape index (κ1) is 12.2. The molecular weight excluding hydrogens is 226 g/mol. The third-order valence-electron chi connectivity index (χ3n) is 4.30. The van der Waals surface area contributed by atoms with Crippen molar-refractivity contribution in [2.24, 2.45) is 11.8 Å². The maximum atomic E-state index is 6.01. The zero-order valence-electron chi connectivity index (χ0n) is 11.3. The first-order chi connectivity index (χ1) is 8.79. The van der Waals surface area contributed by atoms with E-state index in [0.717, 1.165) is 31.5 Å². The SMILES string of the molecule is COCCNCC1CC1c1ccc(C2CC2C)o1. The normalized spacial score (nSPS) is 33.7. The summed E-state index contributed by atoms with van der Waals surface area (Å²) in [6.07, 6.45) is 2.58. The number of furan rings is 1. The summed E-state index contributed by atoms with van der Waals surface area (Å²) in [5.74, 6) is 5.38. The Morgan fingerprint density at radius 3 is 2.67 bits per heavy atom. The average Bonchev–Trinajstić information content (AvgIpc) is 3.25. The lowest BCUT2D eigenvalue weighted by Crippen LogP contribution is -2.21. The summed E-state index contributed by atoms with van der Waals surface area (Å²) in [7, 11) is 1.74. The molecule has 0 aromatic carbocycles. The van der Waals surface area contributed by atoms with Crippen molar-refractivity contribution < 1.29 is 9.15 Å². The molecule has 0 saturated heterocycles. The number of hydrogen-bond acceptors (Lipinski definition) is 3.